The average molecular weight is 327 g/mol. The number of aliphatic hydroxyl groups is 1. The fraction of sp³-hybridized carbons (Fsp3) is 0.368. The lowest BCUT2D eigenvalue weighted by molar-refractivity contribution is 0.130. The second kappa shape index (κ2) is 7.93. The van der Waals surface area contributed by atoms with Crippen LogP contribution in [0.1, 0.15) is 31.0 Å². The maximum Gasteiger partial charge on any atom is 0.319 e. The molecule has 0 saturated carbocycles. The van der Waals surface area contributed by atoms with Crippen molar-refractivity contribution in [3.63, 3.8) is 0 Å². The second-order valence-corrected chi connectivity index (χ2v) is 6.63. The van der Waals surface area contributed by atoms with Crippen LogP contribution in [0.4, 0.5) is 10.5 Å². The van der Waals surface area contributed by atoms with Crippen molar-refractivity contribution in [3.05, 3.63) is 59.9 Å². The number of urea groups is 1. The van der Waals surface area contributed by atoms with Crippen molar-refractivity contribution >= 4 is 11.7 Å². The molecule has 0 radical (unpaired) electrons. The number of aryl methyl sites for hydroxylation is 1. The summed E-state index contributed by atoms with van der Waals surface area (Å²) in [6, 6.07) is 13.2. The van der Waals surface area contributed by atoms with Crippen LogP contribution in [0, 0.1) is 12.3 Å². The van der Waals surface area contributed by atoms with Gasteiger partial charge in [0.1, 0.15) is 0 Å². The number of benzene rings is 1. The Balaban J connectivity index is 2.04. The molecule has 1 aromatic carbocycles. The molecular formula is C19H25N3O2. The van der Waals surface area contributed by atoms with E-state index in [1.807, 2.05) is 57.2 Å². The highest BCUT2D eigenvalue weighted by atomic mass is 16.3. The number of nitrogens with one attached hydrogen (secondary N) is 2. The summed E-state index contributed by atoms with van der Waals surface area (Å²) in [5.74, 6) is 0.00799. The van der Waals surface area contributed by atoms with Crippen molar-refractivity contribution in [1.82, 2.24) is 10.3 Å². The number of carbonyl (C=O) groups excluding carboxylic acids is 1. The fourth-order valence-electron chi connectivity index (χ4n) is 2.63. The summed E-state index contributed by atoms with van der Waals surface area (Å²) in [5.41, 5.74) is 2.30. The van der Waals surface area contributed by atoms with Crippen LogP contribution in [0.15, 0.2) is 48.7 Å². The number of aliphatic hydroxyl groups excluding tert-OH is 1. The molecule has 0 aliphatic rings. The number of nitrogens with zero attached hydrogens (tertiary/aromatic N) is 1. The number of hydrogen-bond acceptors (Lipinski definition) is 3. The van der Waals surface area contributed by atoms with E-state index in [0.29, 0.717) is 12.2 Å². The molecule has 0 aliphatic heterocycles. The first kappa shape index (κ1) is 17.9. The van der Waals surface area contributed by atoms with E-state index in [1.54, 1.807) is 12.3 Å². The number of amides is 2. The summed E-state index contributed by atoms with van der Waals surface area (Å²) >= 11 is 0. The zero-order valence-corrected chi connectivity index (χ0v) is 14.4. The van der Waals surface area contributed by atoms with Gasteiger partial charge in [0.25, 0.3) is 0 Å². The Kier molecular flexibility index (Phi) is 5.93. The Labute approximate surface area is 143 Å². The zero-order chi connectivity index (χ0) is 17.6. The summed E-state index contributed by atoms with van der Waals surface area (Å²) in [4.78, 5) is 16.3. The van der Waals surface area contributed by atoms with E-state index in [-0.39, 0.29) is 24.0 Å². The molecule has 0 aliphatic carbocycles. The monoisotopic (exact) mass is 327 g/mol. The van der Waals surface area contributed by atoms with Crippen LogP contribution in [0.3, 0.4) is 0 Å². The Morgan fingerprint density at radius 3 is 2.58 bits per heavy atom. The average Bonchev–Trinajstić information content (AvgIpc) is 2.56. The molecule has 2 aromatic rings. The smallest absolute Gasteiger partial charge is 0.319 e. The summed E-state index contributed by atoms with van der Waals surface area (Å²) in [6.07, 6.45) is 1.66. The minimum atomic E-state index is -0.345. The van der Waals surface area contributed by atoms with Gasteiger partial charge in [0.05, 0.1) is 0 Å². The van der Waals surface area contributed by atoms with Crippen LogP contribution < -0.4 is 10.6 Å². The Morgan fingerprint density at radius 1 is 1.25 bits per heavy atom. The van der Waals surface area contributed by atoms with E-state index in [0.717, 1.165) is 11.3 Å². The molecule has 1 atom stereocenters. The number of anilines is 1. The molecule has 0 bridgehead atoms. The summed E-state index contributed by atoms with van der Waals surface area (Å²) in [6.45, 7) is 6.35. The number of pyridine rings is 1. The fourth-order valence-corrected chi connectivity index (χ4v) is 2.63. The third kappa shape index (κ3) is 4.80. The van der Waals surface area contributed by atoms with Crippen LogP contribution in [0.25, 0.3) is 0 Å². The van der Waals surface area contributed by atoms with Gasteiger partial charge in [0.2, 0.25) is 0 Å². The molecule has 0 saturated heterocycles. The molecule has 1 unspecified atom stereocenters. The Morgan fingerprint density at radius 2 is 1.96 bits per heavy atom. The van der Waals surface area contributed by atoms with Gasteiger partial charge in [-0.2, -0.15) is 0 Å². The first-order valence-electron chi connectivity index (χ1n) is 8.05. The van der Waals surface area contributed by atoms with Gasteiger partial charge in [0.15, 0.2) is 0 Å². The van der Waals surface area contributed by atoms with E-state index in [1.165, 1.54) is 0 Å². The van der Waals surface area contributed by atoms with Crippen LogP contribution in [-0.2, 0) is 0 Å². The standard InChI is InChI=1S/C19H25N3O2/c1-14-11-16(9-10-20-14)22-18(24)21-12-17(19(2,3)13-23)15-7-5-4-6-8-15/h4-11,17,23H,12-13H2,1-3H3,(H2,20,21,22,24). The van der Waals surface area contributed by atoms with Crippen molar-refractivity contribution in [3.8, 4) is 0 Å². The zero-order valence-electron chi connectivity index (χ0n) is 14.4. The third-order valence-electron chi connectivity index (χ3n) is 4.17. The second-order valence-electron chi connectivity index (χ2n) is 6.63. The van der Waals surface area contributed by atoms with Gasteiger partial charge < -0.3 is 15.7 Å². The SMILES string of the molecule is Cc1cc(NC(=O)NCC(c2ccccc2)C(C)(C)CO)ccn1. The van der Waals surface area contributed by atoms with E-state index in [4.69, 9.17) is 0 Å². The minimum Gasteiger partial charge on any atom is -0.396 e. The highest BCUT2D eigenvalue weighted by Crippen LogP contribution is 2.34. The molecule has 24 heavy (non-hydrogen) atoms. The molecule has 5 heteroatoms. The predicted octanol–water partition coefficient (Wildman–Crippen LogP) is 3.31. The van der Waals surface area contributed by atoms with Gasteiger partial charge >= 0.3 is 6.03 Å². The molecule has 128 valence electrons. The van der Waals surface area contributed by atoms with Gasteiger partial charge in [0, 0.05) is 36.6 Å². The van der Waals surface area contributed by atoms with Crippen LogP contribution in [0.5, 0.6) is 0 Å². The van der Waals surface area contributed by atoms with Gasteiger partial charge in [-0.25, -0.2) is 4.79 Å². The van der Waals surface area contributed by atoms with Crippen molar-refractivity contribution in [1.29, 1.82) is 0 Å². The molecule has 2 rings (SSSR count). The number of carbonyl (C=O) groups is 1. The number of aromatic nitrogens is 1. The summed E-state index contributed by atoms with van der Waals surface area (Å²) in [5, 5.41) is 15.4. The van der Waals surface area contributed by atoms with Crippen LogP contribution in [0.2, 0.25) is 0 Å². The number of rotatable bonds is 6. The lowest BCUT2D eigenvalue weighted by Gasteiger charge is -2.33. The molecule has 0 fully saturated rings. The molecule has 5 nitrogen and oxygen atoms in total. The third-order valence-corrected chi connectivity index (χ3v) is 4.17. The lowest BCUT2D eigenvalue weighted by atomic mass is 9.75. The molecule has 1 aromatic heterocycles. The molecule has 1 heterocycles. The molecule has 2 amide bonds. The Hall–Kier alpha value is -2.40. The van der Waals surface area contributed by atoms with Crippen molar-refractivity contribution in [2.45, 2.75) is 26.7 Å². The highest BCUT2D eigenvalue weighted by molar-refractivity contribution is 5.89. The summed E-state index contributed by atoms with van der Waals surface area (Å²) in [7, 11) is 0. The normalized spacial score (nSPS) is 12.5. The first-order chi connectivity index (χ1) is 11.4. The molecule has 0 spiro atoms. The largest absolute Gasteiger partial charge is 0.396 e. The van der Waals surface area contributed by atoms with Crippen LogP contribution >= 0.6 is 0 Å². The minimum absolute atomic E-state index is 0.00799. The van der Waals surface area contributed by atoms with E-state index in [2.05, 4.69) is 15.6 Å². The number of hydrogen-bond donors (Lipinski definition) is 3. The van der Waals surface area contributed by atoms with E-state index in [9.17, 15) is 9.90 Å². The quantitative estimate of drug-likeness (QED) is 0.762. The Bertz CT molecular complexity index is 671. The van der Waals surface area contributed by atoms with Gasteiger partial charge in [-0.3, -0.25) is 4.98 Å². The molecular weight excluding hydrogens is 302 g/mol. The van der Waals surface area contributed by atoms with Gasteiger partial charge in [-0.15, -0.1) is 0 Å². The van der Waals surface area contributed by atoms with Crippen molar-refractivity contribution in [2.75, 3.05) is 18.5 Å². The first-order valence-corrected chi connectivity index (χ1v) is 8.05. The van der Waals surface area contributed by atoms with Crippen molar-refractivity contribution in [2.24, 2.45) is 5.41 Å². The molecule has 3 N–H and O–H groups in total. The van der Waals surface area contributed by atoms with Gasteiger partial charge in [-0.1, -0.05) is 44.2 Å². The predicted molar refractivity (Wildman–Crippen MR) is 96.0 cm³/mol. The van der Waals surface area contributed by atoms with Crippen molar-refractivity contribution < 1.29 is 9.90 Å². The van der Waals surface area contributed by atoms with Crippen LogP contribution in [-0.4, -0.2) is 29.3 Å². The van der Waals surface area contributed by atoms with E-state index >= 15 is 0 Å². The topological polar surface area (TPSA) is 74.2 Å². The van der Waals surface area contributed by atoms with Gasteiger partial charge in [-0.05, 0) is 30.0 Å². The lowest BCUT2D eigenvalue weighted by Crippen LogP contribution is -2.38. The highest BCUT2D eigenvalue weighted by Gasteiger charge is 2.30. The van der Waals surface area contributed by atoms with E-state index < -0.39 is 0 Å². The maximum atomic E-state index is 12.2. The summed E-state index contributed by atoms with van der Waals surface area (Å²) < 4.78 is 0. The maximum absolute atomic E-state index is 12.2.